The number of H-pyrrole nitrogens is 1. The van der Waals surface area contributed by atoms with Gasteiger partial charge in [0, 0.05) is 38.6 Å². The molecule has 21 heavy (non-hydrogen) atoms. The van der Waals surface area contributed by atoms with Crippen molar-refractivity contribution < 1.29 is 0 Å². The molecule has 3 fully saturated rings. The van der Waals surface area contributed by atoms with Crippen LogP contribution in [0.4, 0.5) is 0 Å². The van der Waals surface area contributed by atoms with Crippen molar-refractivity contribution in [2.75, 3.05) is 26.7 Å². The summed E-state index contributed by atoms with van der Waals surface area (Å²) in [5, 5.41) is 0.676. The highest BCUT2D eigenvalue weighted by Crippen LogP contribution is 2.29. The van der Waals surface area contributed by atoms with Crippen LogP contribution in [0.5, 0.6) is 0 Å². The van der Waals surface area contributed by atoms with E-state index >= 15 is 0 Å². The third-order valence-electron chi connectivity index (χ3n) is 4.92. The number of rotatable bonds is 5. The fraction of sp³-hybridized carbons (Fsp3) is 0.812. The van der Waals surface area contributed by atoms with E-state index in [1.807, 2.05) is 0 Å². The van der Waals surface area contributed by atoms with Gasteiger partial charge in [0.15, 0.2) is 5.15 Å². The van der Waals surface area contributed by atoms with Crippen molar-refractivity contribution in [3.8, 4) is 0 Å². The highest BCUT2D eigenvalue weighted by Gasteiger charge is 2.33. The Morgan fingerprint density at radius 1 is 1.29 bits per heavy atom. The van der Waals surface area contributed by atoms with Crippen LogP contribution in [0.2, 0.25) is 5.15 Å². The predicted molar refractivity (Wildman–Crippen MR) is 86.6 cm³/mol. The van der Waals surface area contributed by atoms with Crippen LogP contribution >= 0.6 is 11.6 Å². The van der Waals surface area contributed by atoms with Gasteiger partial charge in [0.25, 0.3) is 0 Å². The lowest BCUT2D eigenvalue weighted by Gasteiger charge is -2.35. The Labute approximate surface area is 132 Å². The molecule has 0 unspecified atom stereocenters. The average molecular weight is 311 g/mol. The molecule has 0 spiro atoms. The molecule has 0 saturated carbocycles. The predicted octanol–water partition coefficient (Wildman–Crippen LogP) is 2.93. The van der Waals surface area contributed by atoms with E-state index in [4.69, 9.17) is 11.6 Å². The van der Waals surface area contributed by atoms with Crippen LogP contribution < -0.4 is 0 Å². The lowest BCUT2D eigenvalue weighted by Crippen LogP contribution is -2.43. The highest BCUT2D eigenvalue weighted by molar-refractivity contribution is 6.30. The molecular formula is C16H27ClN4. The van der Waals surface area contributed by atoms with Gasteiger partial charge < -0.3 is 9.88 Å². The second-order valence-corrected chi connectivity index (χ2v) is 7.16. The molecule has 1 aromatic rings. The molecule has 4 rings (SSSR count). The summed E-state index contributed by atoms with van der Waals surface area (Å²) in [5.41, 5.74) is 1.11. The van der Waals surface area contributed by atoms with Crippen LogP contribution in [-0.4, -0.2) is 52.5 Å². The zero-order valence-electron chi connectivity index (χ0n) is 13.2. The number of nitrogens with zero attached hydrogens (tertiary/aromatic N) is 3. The number of likely N-dealkylation sites (N-methyl/N-ethyl adjacent to an activating group) is 1. The molecule has 0 aromatic carbocycles. The molecule has 0 radical (unpaired) electrons. The monoisotopic (exact) mass is 310 g/mol. The van der Waals surface area contributed by atoms with E-state index in [-0.39, 0.29) is 0 Å². The van der Waals surface area contributed by atoms with Crippen LogP contribution in [0.3, 0.4) is 0 Å². The molecule has 3 saturated heterocycles. The third-order valence-corrected chi connectivity index (χ3v) is 5.23. The number of aromatic nitrogens is 2. The van der Waals surface area contributed by atoms with E-state index in [9.17, 15) is 0 Å². The zero-order chi connectivity index (χ0) is 14.8. The van der Waals surface area contributed by atoms with Gasteiger partial charge in [-0.3, -0.25) is 4.90 Å². The average Bonchev–Trinajstić information content (AvgIpc) is 2.61. The molecule has 2 bridgehead atoms. The van der Waals surface area contributed by atoms with E-state index in [1.165, 1.54) is 45.3 Å². The summed E-state index contributed by atoms with van der Waals surface area (Å²) in [7, 11) is 2.25. The number of aromatic amines is 1. The first-order chi connectivity index (χ1) is 10.2. The number of aryl methyl sites for hydroxylation is 1. The molecule has 118 valence electrons. The molecule has 2 atom stereocenters. The molecule has 4 heterocycles. The van der Waals surface area contributed by atoms with Crippen molar-refractivity contribution >= 4 is 11.6 Å². The van der Waals surface area contributed by atoms with E-state index in [0.717, 1.165) is 30.4 Å². The van der Waals surface area contributed by atoms with Crippen molar-refractivity contribution in [2.24, 2.45) is 5.92 Å². The second kappa shape index (κ2) is 6.67. The van der Waals surface area contributed by atoms with Crippen LogP contribution in [-0.2, 0) is 13.0 Å². The molecule has 3 aliphatic heterocycles. The number of halogens is 1. The van der Waals surface area contributed by atoms with Crippen molar-refractivity contribution in [3.05, 3.63) is 16.7 Å². The Morgan fingerprint density at radius 3 is 2.95 bits per heavy atom. The van der Waals surface area contributed by atoms with Gasteiger partial charge in [0.2, 0.25) is 0 Å². The summed E-state index contributed by atoms with van der Waals surface area (Å²) in [6.45, 7) is 6.76. The maximum Gasteiger partial charge on any atom is 0.151 e. The molecule has 0 aliphatic carbocycles. The van der Waals surface area contributed by atoms with Crippen molar-refractivity contribution in [1.82, 2.24) is 19.8 Å². The van der Waals surface area contributed by atoms with Gasteiger partial charge in [-0.25, -0.2) is 4.98 Å². The Hall–Kier alpha value is -0.580. The van der Waals surface area contributed by atoms with E-state index in [0.29, 0.717) is 11.2 Å². The number of nitrogens with one attached hydrogen (secondary N) is 1. The van der Waals surface area contributed by atoms with Crippen molar-refractivity contribution in [1.29, 1.82) is 0 Å². The van der Waals surface area contributed by atoms with Gasteiger partial charge in [-0.15, -0.1) is 0 Å². The molecule has 5 heteroatoms. The standard InChI is InChI=1S/C16H27ClN4/c1-3-4-5-15-18-14(16(17)19-15)11-21-9-12-6-7-13(21)10-20(2)8-12/h12-13H,3-11H2,1-2H3,(H,18,19)/t12-,13+/m0/s1. The first kappa shape index (κ1) is 15.3. The first-order valence-electron chi connectivity index (χ1n) is 8.31. The third kappa shape index (κ3) is 3.61. The quantitative estimate of drug-likeness (QED) is 0.908. The summed E-state index contributed by atoms with van der Waals surface area (Å²) >= 11 is 6.34. The molecule has 1 N–H and O–H groups in total. The largest absolute Gasteiger partial charge is 0.344 e. The molecule has 1 aromatic heterocycles. The fourth-order valence-corrected chi connectivity index (χ4v) is 4.03. The lowest BCUT2D eigenvalue weighted by molar-refractivity contribution is 0.123. The Morgan fingerprint density at radius 2 is 2.14 bits per heavy atom. The van der Waals surface area contributed by atoms with Gasteiger partial charge in [0.05, 0.1) is 5.69 Å². The second-order valence-electron chi connectivity index (χ2n) is 6.80. The molecule has 4 nitrogen and oxygen atoms in total. The normalized spacial score (nSPS) is 27.2. The Balaban J connectivity index is 1.67. The lowest BCUT2D eigenvalue weighted by atomic mass is 9.95. The number of fused-ring (bicyclic) bond motifs is 4. The minimum atomic E-state index is 0.673. The van der Waals surface area contributed by atoms with Crippen LogP contribution in [0.1, 0.15) is 44.1 Å². The SMILES string of the molecule is CCCCc1nc(Cl)c(CN2C[C@H]3CC[C@@H]2CN(C)C3)[nH]1. The fourth-order valence-electron chi connectivity index (χ4n) is 3.82. The number of piperidine rings is 1. The summed E-state index contributed by atoms with van der Waals surface area (Å²) in [6, 6.07) is 0.673. The number of imidazole rings is 1. The molecule has 3 aliphatic rings. The number of hydrogen-bond donors (Lipinski definition) is 1. The van der Waals surface area contributed by atoms with E-state index in [2.05, 4.69) is 33.7 Å². The van der Waals surface area contributed by atoms with Gasteiger partial charge in [0.1, 0.15) is 5.82 Å². The van der Waals surface area contributed by atoms with Crippen LogP contribution in [0.25, 0.3) is 0 Å². The van der Waals surface area contributed by atoms with E-state index < -0.39 is 0 Å². The topological polar surface area (TPSA) is 35.2 Å². The van der Waals surface area contributed by atoms with Gasteiger partial charge in [-0.05, 0) is 32.2 Å². The minimum absolute atomic E-state index is 0.673. The Kier molecular flexibility index (Phi) is 4.87. The first-order valence-corrected chi connectivity index (χ1v) is 8.69. The smallest absolute Gasteiger partial charge is 0.151 e. The van der Waals surface area contributed by atoms with Gasteiger partial charge in [-0.2, -0.15) is 0 Å². The van der Waals surface area contributed by atoms with Crippen LogP contribution in [0, 0.1) is 5.92 Å². The summed E-state index contributed by atoms with van der Waals surface area (Å²) in [5.74, 6) is 1.86. The Bertz CT molecular complexity index is 473. The van der Waals surface area contributed by atoms with E-state index in [1.54, 1.807) is 0 Å². The van der Waals surface area contributed by atoms with Gasteiger partial charge >= 0.3 is 0 Å². The van der Waals surface area contributed by atoms with Gasteiger partial charge in [-0.1, -0.05) is 24.9 Å². The number of hydrogen-bond acceptors (Lipinski definition) is 3. The summed E-state index contributed by atoms with van der Waals surface area (Å²) < 4.78 is 0. The van der Waals surface area contributed by atoms with Crippen LogP contribution in [0.15, 0.2) is 0 Å². The minimum Gasteiger partial charge on any atom is -0.344 e. The highest BCUT2D eigenvalue weighted by atomic mass is 35.5. The zero-order valence-corrected chi connectivity index (χ0v) is 14.0. The van der Waals surface area contributed by atoms with Crippen molar-refractivity contribution in [2.45, 2.75) is 51.6 Å². The maximum absolute atomic E-state index is 6.34. The summed E-state index contributed by atoms with van der Waals surface area (Å²) in [6.07, 6.45) is 6.07. The molecular weight excluding hydrogens is 284 g/mol. The number of unbranched alkanes of at least 4 members (excludes halogenated alkanes) is 1. The summed E-state index contributed by atoms with van der Waals surface area (Å²) in [4.78, 5) is 13.0. The molecule has 0 amide bonds. The van der Waals surface area contributed by atoms with Crippen molar-refractivity contribution in [3.63, 3.8) is 0 Å². The maximum atomic E-state index is 6.34.